The minimum atomic E-state index is -1.27. The molecule has 4 aromatic carbocycles. The molecule has 7 rings (SSSR count). The van der Waals surface area contributed by atoms with Crippen molar-refractivity contribution in [2.24, 2.45) is 0 Å². The average Bonchev–Trinajstić information content (AvgIpc) is 3.40. The van der Waals surface area contributed by atoms with E-state index < -0.39 is 8.07 Å². The van der Waals surface area contributed by atoms with Crippen LogP contribution in [0, 0.1) is 26.0 Å². The summed E-state index contributed by atoms with van der Waals surface area (Å²) < 4.78 is 6.27. The molecule has 0 aliphatic rings. The summed E-state index contributed by atoms with van der Waals surface area (Å²) in [6, 6.07) is 41.5. The number of fused-ring (bicyclic) bond motifs is 3. The molecule has 221 valence electrons. The molecule has 0 saturated carbocycles. The van der Waals surface area contributed by atoms with Crippen molar-refractivity contribution < 1.29 is 24.5 Å². The van der Waals surface area contributed by atoms with E-state index in [-0.39, 0.29) is 20.1 Å². The van der Waals surface area contributed by atoms with Crippen molar-refractivity contribution in [3.63, 3.8) is 0 Å². The molecular formula is C39H34IrN2OSi-2. The molecule has 5 heteroatoms. The molecule has 0 amide bonds. The Hall–Kier alpha value is -4.15. The van der Waals surface area contributed by atoms with Crippen molar-refractivity contribution in [3.8, 4) is 33.6 Å². The standard InChI is InChI=1S/C24H16NO.C15H18NSi.Ir/c1-16-12-13-25-22(14-16)21-9-5-8-20-19-11-10-18(15-23(19)26-24(20)21)17-6-3-2-4-7-17;1-12-10-14(13-8-6-5-7-9-13)16-11-15(12)17(2,3)4;/h2-8,10-15H,1H3;5-8,10-11H,1-4H3;/q2*-1;. The van der Waals surface area contributed by atoms with E-state index in [1.165, 1.54) is 21.9 Å². The van der Waals surface area contributed by atoms with E-state index in [0.717, 1.165) is 50.0 Å². The maximum Gasteiger partial charge on any atom is 0.121 e. The summed E-state index contributed by atoms with van der Waals surface area (Å²) in [6.07, 6.45) is 3.88. The predicted octanol–water partition coefficient (Wildman–Crippen LogP) is 9.82. The van der Waals surface area contributed by atoms with Gasteiger partial charge in [-0.3, -0.25) is 0 Å². The van der Waals surface area contributed by atoms with Crippen molar-refractivity contribution in [2.75, 3.05) is 0 Å². The van der Waals surface area contributed by atoms with E-state index in [1.54, 1.807) is 0 Å². The van der Waals surface area contributed by atoms with Crippen LogP contribution in [0.1, 0.15) is 11.1 Å². The van der Waals surface area contributed by atoms with Gasteiger partial charge in [-0.25, -0.2) is 0 Å². The molecule has 3 nitrogen and oxygen atoms in total. The first-order chi connectivity index (χ1) is 20.8. The minimum absolute atomic E-state index is 0. The van der Waals surface area contributed by atoms with Gasteiger partial charge in [0.25, 0.3) is 0 Å². The SMILES string of the molecule is Cc1cc(-c2[c-]cccc2)ncc1[Si](C)(C)C.Cc1ccnc(-c2[c-]ccc3c2oc2cc(-c4ccccc4)ccc23)c1.[Ir]. The number of benzene rings is 4. The van der Waals surface area contributed by atoms with Crippen LogP contribution in [0.4, 0.5) is 0 Å². The fourth-order valence-electron chi connectivity index (χ4n) is 5.46. The second-order valence-corrected chi connectivity index (χ2v) is 16.9. The van der Waals surface area contributed by atoms with Crippen molar-refractivity contribution >= 4 is 35.2 Å². The van der Waals surface area contributed by atoms with Crippen LogP contribution in [0.2, 0.25) is 19.6 Å². The smallest absolute Gasteiger partial charge is 0.121 e. The molecule has 0 aliphatic heterocycles. The molecule has 0 fully saturated rings. The molecular weight excluding hydrogens is 733 g/mol. The Labute approximate surface area is 274 Å². The Bertz CT molecular complexity index is 2030. The van der Waals surface area contributed by atoms with Gasteiger partial charge in [-0.1, -0.05) is 96.3 Å². The molecule has 1 radical (unpaired) electrons. The summed E-state index contributed by atoms with van der Waals surface area (Å²) >= 11 is 0. The number of rotatable bonds is 4. The molecule has 0 N–H and O–H groups in total. The van der Waals surface area contributed by atoms with Crippen molar-refractivity contribution in [2.45, 2.75) is 33.5 Å². The predicted molar refractivity (Wildman–Crippen MR) is 182 cm³/mol. The third kappa shape index (κ3) is 6.66. The molecule has 0 bridgehead atoms. The van der Waals surface area contributed by atoms with Gasteiger partial charge < -0.3 is 14.4 Å². The van der Waals surface area contributed by atoms with Gasteiger partial charge >= 0.3 is 0 Å². The van der Waals surface area contributed by atoms with Crippen molar-refractivity contribution in [1.29, 1.82) is 0 Å². The topological polar surface area (TPSA) is 38.9 Å². The summed E-state index contributed by atoms with van der Waals surface area (Å²) in [5.74, 6) is 0. The third-order valence-electron chi connectivity index (χ3n) is 7.62. The van der Waals surface area contributed by atoms with Crippen molar-refractivity contribution in [1.82, 2.24) is 9.97 Å². The van der Waals surface area contributed by atoms with Gasteiger partial charge in [0.1, 0.15) is 5.58 Å². The number of nitrogens with zero attached hydrogens (tertiary/aromatic N) is 2. The Morgan fingerprint density at radius 3 is 2.18 bits per heavy atom. The number of aryl methyl sites for hydroxylation is 2. The molecule has 0 spiro atoms. The minimum Gasteiger partial charge on any atom is -0.501 e. The molecule has 0 unspecified atom stereocenters. The zero-order valence-corrected chi connectivity index (χ0v) is 29.0. The van der Waals surface area contributed by atoms with Gasteiger partial charge in [0, 0.05) is 37.9 Å². The van der Waals surface area contributed by atoms with Gasteiger partial charge in [0.05, 0.1) is 13.7 Å². The zero-order chi connectivity index (χ0) is 30.0. The third-order valence-corrected chi connectivity index (χ3v) is 9.76. The molecule has 0 aliphatic carbocycles. The second-order valence-electron chi connectivity index (χ2n) is 11.9. The van der Waals surface area contributed by atoms with Crippen LogP contribution in [0.3, 0.4) is 0 Å². The first kappa shape index (κ1) is 31.3. The zero-order valence-electron chi connectivity index (χ0n) is 25.6. The first-order valence-corrected chi connectivity index (χ1v) is 18.1. The monoisotopic (exact) mass is 767 g/mol. The number of furan rings is 1. The Morgan fingerprint density at radius 1 is 0.682 bits per heavy atom. The van der Waals surface area contributed by atoms with Crippen LogP contribution in [-0.4, -0.2) is 18.0 Å². The van der Waals surface area contributed by atoms with Gasteiger partial charge in [-0.05, 0) is 53.7 Å². The van der Waals surface area contributed by atoms with Crippen LogP contribution in [-0.2, 0) is 20.1 Å². The van der Waals surface area contributed by atoms with E-state index in [2.05, 4.69) is 129 Å². The van der Waals surface area contributed by atoms with Crippen LogP contribution < -0.4 is 5.19 Å². The van der Waals surface area contributed by atoms with E-state index in [9.17, 15) is 0 Å². The molecule has 3 heterocycles. The number of pyridine rings is 2. The average molecular weight is 767 g/mol. The van der Waals surface area contributed by atoms with Crippen molar-refractivity contribution in [3.05, 3.63) is 139 Å². The summed E-state index contributed by atoms with van der Waals surface area (Å²) in [7, 11) is -1.27. The summed E-state index contributed by atoms with van der Waals surface area (Å²) in [5, 5.41) is 3.65. The molecule has 0 atom stereocenters. The number of aromatic nitrogens is 2. The van der Waals surface area contributed by atoms with E-state index >= 15 is 0 Å². The van der Waals surface area contributed by atoms with E-state index in [4.69, 9.17) is 4.42 Å². The van der Waals surface area contributed by atoms with Crippen LogP contribution >= 0.6 is 0 Å². The summed E-state index contributed by atoms with van der Waals surface area (Å²) in [6.45, 7) is 11.3. The molecule has 3 aromatic heterocycles. The van der Waals surface area contributed by atoms with Gasteiger partial charge in [0.15, 0.2) is 0 Å². The summed E-state index contributed by atoms with van der Waals surface area (Å²) in [5.41, 5.74) is 10.5. The molecule has 44 heavy (non-hydrogen) atoms. The molecule has 0 saturated heterocycles. The fourth-order valence-corrected chi connectivity index (χ4v) is 7.16. The molecule has 7 aromatic rings. The largest absolute Gasteiger partial charge is 0.501 e. The Balaban J connectivity index is 0.000000187. The quantitative estimate of drug-likeness (QED) is 0.132. The van der Waals surface area contributed by atoms with Crippen LogP contribution in [0.15, 0.2) is 120 Å². The Kier molecular flexibility index (Phi) is 9.41. The van der Waals surface area contributed by atoms with Gasteiger partial charge in [0.2, 0.25) is 0 Å². The van der Waals surface area contributed by atoms with E-state index in [1.807, 2.05) is 42.6 Å². The maximum atomic E-state index is 6.27. The van der Waals surface area contributed by atoms with Gasteiger partial charge in [-0.2, -0.15) is 0 Å². The normalized spacial score (nSPS) is 11.1. The maximum absolute atomic E-state index is 6.27. The van der Waals surface area contributed by atoms with E-state index in [0.29, 0.717) is 0 Å². The second kappa shape index (κ2) is 13.2. The Morgan fingerprint density at radius 2 is 1.48 bits per heavy atom. The number of hydrogen-bond acceptors (Lipinski definition) is 3. The summed E-state index contributed by atoms with van der Waals surface area (Å²) in [4.78, 5) is 9.08. The van der Waals surface area contributed by atoms with Crippen LogP contribution in [0.25, 0.3) is 55.6 Å². The fraction of sp³-hybridized carbons (Fsp3) is 0.128. The van der Waals surface area contributed by atoms with Gasteiger partial charge in [-0.15, -0.1) is 54.1 Å². The number of hydrogen-bond donors (Lipinski definition) is 0. The first-order valence-electron chi connectivity index (χ1n) is 14.6. The van der Waals surface area contributed by atoms with Crippen LogP contribution in [0.5, 0.6) is 0 Å².